The molecule has 0 aromatic heterocycles. The number of nitrogens with one attached hydrogen (secondary N) is 2. The fraction of sp³-hybridized carbons (Fsp3) is 0.281. The number of rotatable bonds is 10. The van der Waals surface area contributed by atoms with E-state index in [4.69, 9.17) is 0 Å². The first-order chi connectivity index (χ1) is 19.6. The molecule has 2 N–H and O–H groups in total. The second-order valence-corrected chi connectivity index (χ2v) is 10.1. The lowest BCUT2D eigenvalue weighted by atomic mass is 9.96. The number of carbonyl (C=O) groups is 3. The van der Waals surface area contributed by atoms with Crippen LogP contribution in [0.1, 0.15) is 29.5 Å². The minimum atomic E-state index is -5.17. The van der Waals surface area contributed by atoms with Crippen LogP contribution in [0.3, 0.4) is 0 Å². The van der Waals surface area contributed by atoms with E-state index in [1.54, 1.807) is 35.2 Å². The molecule has 2 atom stereocenters. The first-order valence-corrected chi connectivity index (χ1v) is 13.4. The van der Waals surface area contributed by atoms with Crippen molar-refractivity contribution in [2.24, 2.45) is 0 Å². The molecule has 0 unspecified atom stereocenters. The molecule has 0 fully saturated rings. The van der Waals surface area contributed by atoms with Crippen LogP contribution in [0.5, 0.6) is 0 Å². The Morgan fingerprint density at radius 3 is 2.10 bits per heavy atom. The van der Waals surface area contributed by atoms with Gasteiger partial charge in [-0.1, -0.05) is 91.0 Å². The molecule has 1 aliphatic heterocycles. The number of alkyl halides is 3. The van der Waals surface area contributed by atoms with Gasteiger partial charge in [0.15, 0.2) is 0 Å². The van der Waals surface area contributed by atoms with Crippen molar-refractivity contribution in [1.29, 1.82) is 0 Å². The van der Waals surface area contributed by atoms with Crippen LogP contribution in [0.4, 0.5) is 18.9 Å². The number of anilines is 1. The number of hydrogen-bond acceptors (Lipinski definition) is 3. The zero-order chi connectivity index (χ0) is 29.4. The summed E-state index contributed by atoms with van der Waals surface area (Å²) in [6, 6.07) is 22.7. The summed E-state index contributed by atoms with van der Waals surface area (Å²) in [7, 11) is 0. The molecule has 1 heterocycles. The summed E-state index contributed by atoms with van der Waals surface area (Å²) >= 11 is 0. The topological polar surface area (TPSA) is 78.5 Å². The van der Waals surface area contributed by atoms with Crippen molar-refractivity contribution < 1.29 is 27.6 Å². The third-order valence-corrected chi connectivity index (χ3v) is 6.94. The lowest BCUT2D eigenvalue weighted by Gasteiger charge is -2.33. The molecular weight excluding hydrogens is 531 g/mol. The quantitative estimate of drug-likeness (QED) is 0.344. The van der Waals surface area contributed by atoms with E-state index in [2.05, 4.69) is 11.9 Å². The van der Waals surface area contributed by atoms with E-state index in [1.165, 1.54) is 0 Å². The van der Waals surface area contributed by atoms with Crippen LogP contribution in [0.25, 0.3) is 0 Å². The maximum absolute atomic E-state index is 13.9. The van der Waals surface area contributed by atoms with Crippen molar-refractivity contribution in [3.63, 3.8) is 0 Å². The maximum atomic E-state index is 13.9. The second-order valence-electron chi connectivity index (χ2n) is 10.1. The van der Waals surface area contributed by atoms with Gasteiger partial charge in [0.25, 0.3) is 0 Å². The van der Waals surface area contributed by atoms with Gasteiger partial charge in [-0.25, -0.2) is 0 Å². The van der Waals surface area contributed by atoms with E-state index in [1.807, 2.05) is 59.9 Å². The minimum absolute atomic E-state index is 0.0728. The summed E-state index contributed by atoms with van der Waals surface area (Å²) in [5.74, 6) is -3.50. The summed E-state index contributed by atoms with van der Waals surface area (Å²) < 4.78 is 39.4. The molecule has 0 spiro atoms. The van der Waals surface area contributed by atoms with Gasteiger partial charge in [-0.05, 0) is 48.4 Å². The molecule has 4 rings (SSSR count). The van der Waals surface area contributed by atoms with E-state index in [-0.39, 0.29) is 18.7 Å². The highest BCUT2D eigenvalue weighted by Crippen LogP contribution is 2.28. The highest BCUT2D eigenvalue weighted by atomic mass is 19.4. The Morgan fingerprint density at radius 1 is 0.829 bits per heavy atom. The zero-order valence-electron chi connectivity index (χ0n) is 22.5. The minimum Gasteiger partial charge on any atom is -0.342 e. The molecule has 0 saturated carbocycles. The number of para-hydroxylation sites is 1. The summed E-state index contributed by atoms with van der Waals surface area (Å²) in [5.41, 5.74) is 3.93. The maximum Gasteiger partial charge on any atom is 0.471 e. The number of amides is 3. The highest BCUT2D eigenvalue weighted by molar-refractivity contribution is 6.01. The van der Waals surface area contributed by atoms with Crippen LogP contribution in [0.2, 0.25) is 0 Å². The summed E-state index contributed by atoms with van der Waals surface area (Å²) in [4.78, 5) is 40.9. The molecule has 1 aliphatic rings. The van der Waals surface area contributed by atoms with E-state index >= 15 is 0 Å². The van der Waals surface area contributed by atoms with Crippen molar-refractivity contribution >= 4 is 23.4 Å². The lowest BCUT2D eigenvalue weighted by molar-refractivity contribution is -0.174. The Kier molecular flexibility index (Phi) is 9.60. The van der Waals surface area contributed by atoms with Crippen molar-refractivity contribution in [2.75, 3.05) is 11.4 Å². The van der Waals surface area contributed by atoms with E-state index in [0.717, 1.165) is 29.7 Å². The van der Waals surface area contributed by atoms with Gasteiger partial charge in [0, 0.05) is 18.7 Å². The molecule has 3 aromatic carbocycles. The molecule has 0 radical (unpaired) electrons. The molecule has 3 amide bonds. The summed E-state index contributed by atoms with van der Waals surface area (Å²) in [5, 5.41) is 4.48. The van der Waals surface area contributed by atoms with Crippen molar-refractivity contribution in [3.05, 3.63) is 114 Å². The first kappa shape index (κ1) is 29.6. The molecule has 214 valence electrons. The lowest BCUT2D eigenvalue weighted by Crippen LogP contribution is -2.57. The van der Waals surface area contributed by atoms with Crippen LogP contribution in [-0.2, 0) is 33.6 Å². The third-order valence-electron chi connectivity index (χ3n) is 6.94. The predicted octanol–water partition coefficient (Wildman–Crippen LogP) is 4.93. The molecule has 6 nitrogen and oxygen atoms in total. The van der Waals surface area contributed by atoms with E-state index in [0.29, 0.717) is 24.1 Å². The van der Waals surface area contributed by atoms with Crippen LogP contribution < -0.4 is 15.5 Å². The smallest absolute Gasteiger partial charge is 0.342 e. The van der Waals surface area contributed by atoms with Crippen molar-refractivity contribution in [1.82, 2.24) is 10.6 Å². The van der Waals surface area contributed by atoms with Gasteiger partial charge < -0.3 is 15.5 Å². The number of hydrogen-bond donors (Lipinski definition) is 2. The van der Waals surface area contributed by atoms with Gasteiger partial charge in [-0.3, -0.25) is 14.4 Å². The molecule has 9 heteroatoms. The molecular formula is C32H32F3N3O3. The normalized spacial score (nSPS) is 14.4. The number of carbonyl (C=O) groups excluding carboxylic acids is 3. The average Bonchev–Trinajstić information content (AvgIpc) is 2.96. The molecule has 0 aliphatic carbocycles. The molecule has 0 saturated heterocycles. The number of nitrogens with zero attached hydrogens (tertiary/aromatic N) is 1. The Hall–Kier alpha value is -4.40. The van der Waals surface area contributed by atoms with Crippen LogP contribution >= 0.6 is 0 Å². The summed E-state index contributed by atoms with van der Waals surface area (Å²) in [6.45, 7) is 4.56. The predicted molar refractivity (Wildman–Crippen MR) is 151 cm³/mol. The fourth-order valence-corrected chi connectivity index (χ4v) is 4.97. The third kappa shape index (κ3) is 8.06. The molecule has 3 aromatic rings. The second kappa shape index (κ2) is 13.3. The van der Waals surface area contributed by atoms with E-state index in [9.17, 15) is 27.6 Å². The van der Waals surface area contributed by atoms with Gasteiger partial charge in [-0.15, -0.1) is 0 Å². The number of fused-ring (bicyclic) bond motifs is 1. The van der Waals surface area contributed by atoms with Gasteiger partial charge in [0.2, 0.25) is 11.8 Å². The number of benzene rings is 3. The van der Waals surface area contributed by atoms with Crippen LogP contribution in [0.15, 0.2) is 97.1 Å². The first-order valence-electron chi connectivity index (χ1n) is 13.4. The van der Waals surface area contributed by atoms with Crippen molar-refractivity contribution in [2.45, 2.75) is 50.4 Å². The monoisotopic (exact) mass is 563 g/mol. The zero-order valence-corrected chi connectivity index (χ0v) is 22.5. The summed E-state index contributed by atoms with van der Waals surface area (Å²) in [6.07, 6.45) is -3.30. The van der Waals surface area contributed by atoms with Gasteiger partial charge in [-0.2, -0.15) is 13.2 Å². The largest absolute Gasteiger partial charge is 0.471 e. The molecule has 41 heavy (non-hydrogen) atoms. The van der Waals surface area contributed by atoms with Crippen molar-refractivity contribution in [3.8, 4) is 0 Å². The van der Waals surface area contributed by atoms with Gasteiger partial charge in [0.05, 0.1) is 0 Å². The Labute approximate surface area is 237 Å². The Bertz CT molecular complexity index is 1380. The number of halogens is 3. The highest BCUT2D eigenvalue weighted by Gasteiger charge is 2.41. The SMILES string of the molecule is C=C(Cc1ccccc1)C[C@@H](NC(=O)[C@H](Cc1ccccc1)NC(=O)C(F)(F)F)C(=O)N1CCCc2ccccc21. The Morgan fingerprint density at radius 2 is 1.44 bits per heavy atom. The average molecular weight is 564 g/mol. The van der Waals surface area contributed by atoms with Gasteiger partial charge in [0.1, 0.15) is 12.1 Å². The number of aryl methyl sites for hydroxylation is 1. The van der Waals surface area contributed by atoms with Crippen LogP contribution in [-0.4, -0.2) is 42.5 Å². The van der Waals surface area contributed by atoms with E-state index < -0.39 is 30.1 Å². The molecule has 0 bridgehead atoms. The van der Waals surface area contributed by atoms with Crippen LogP contribution in [0, 0.1) is 0 Å². The fourth-order valence-electron chi connectivity index (χ4n) is 4.97. The standard InChI is InChI=1S/C32H32F3N3O3/c1-22(19-23-11-4-2-5-12-23)20-27(30(40)38-18-10-16-25-15-8-9-17-28(25)38)36-29(39)26(37-31(41)32(33,34)35)21-24-13-6-3-7-14-24/h2-9,11-15,17,26-27H,1,10,16,18-21H2,(H,36,39)(H,37,41)/t26-,27+/m0/s1. The Balaban J connectivity index is 1.60. The van der Waals surface area contributed by atoms with Gasteiger partial charge >= 0.3 is 12.1 Å².